The summed E-state index contributed by atoms with van der Waals surface area (Å²) in [6.07, 6.45) is 0.498. The van der Waals surface area contributed by atoms with Crippen molar-refractivity contribution < 1.29 is 19.5 Å². The van der Waals surface area contributed by atoms with Crippen LogP contribution in [0.1, 0.15) is 29.0 Å². The highest BCUT2D eigenvalue weighted by atomic mass is 16.5. The predicted octanol–water partition coefficient (Wildman–Crippen LogP) is 3.06. The van der Waals surface area contributed by atoms with Gasteiger partial charge in [0.05, 0.1) is 13.6 Å². The lowest BCUT2D eigenvalue weighted by atomic mass is 9.86. The van der Waals surface area contributed by atoms with Crippen molar-refractivity contribution in [2.75, 3.05) is 26.7 Å². The summed E-state index contributed by atoms with van der Waals surface area (Å²) in [6.45, 7) is 2.53. The van der Waals surface area contributed by atoms with Gasteiger partial charge in [0.1, 0.15) is 37.4 Å². The molecule has 0 aliphatic carbocycles. The molecule has 0 saturated carbocycles. The lowest BCUT2D eigenvalue weighted by Gasteiger charge is -2.23. The highest BCUT2D eigenvalue weighted by molar-refractivity contribution is 5.46. The third kappa shape index (κ3) is 5.02. The highest BCUT2D eigenvalue weighted by Crippen LogP contribution is 2.38. The molecule has 1 heterocycles. The van der Waals surface area contributed by atoms with Crippen LogP contribution in [-0.4, -0.2) is 38.0 Å². The van der Waals surface area contributed by atoms with Gasteiger partial charge in [-0.05, 0) is 29.3 Å². The minimum atomic E-state index is -0.498. The Morgan fingerprint density at radius 3 is 2.50 bits per heavy atom. The van der Waals surface area contributed by atoms with Crippen LogP contribution in [0, 0.1) is 0 Å². The molecule has 0 amide bonds. The van der Waals surface area contributed by atoms with E-state index in [9.17, 15) is 5.11 Å². The summed E-state index contributed by atoms with van der Waals surface area (Å²) in [7, 11) is 2.14. The van der Waals surface area contributed by atoms with E-state index >= 15 is 0 Å². The van der Waals surface area contributed by atoms with Crippen LogP contribution in [-0.2, 0) is 6.61 Å². The molecule has 0 bridgehead atoms. The number of hydrogen-bond acceptors (Lipinski definition) is 3. The summed E-state index contributed by atoms with van der Waals surface area (Å²) >= 11 is 0. The van der Waals surface area contributed by atoms with Crippen LogP contribution < -0.4 is 14.4 Å². The highest BCUT2D eigenvalue weighted by Gasteiger charge is 2.25. The Morgan fingerprint density at radius 1 is 0.967 bits per heavy atom. The Labute approximate surface area is 178 Å². The van der Waals surface area contributed by atoms with Gasteiger partial charge in [-0.2, -0.15) is 0 Å². The third-order valence-corrected chi connectivity index (χ3v) is 5.74. The number of aliphatic hydroxyl groups excluding tert-OH is 1. The molecule has 0 spiro atoms. The van der Waals surface area contributed by atoms with Crippen LogP contribution in [0.4, 0.5) is 0 Å². The molecule has 0 radical (unpaired) electrons. The quantitative estimate of drug-likeness (QED) is 0.607. The molecule has 0 saturated heterocycles. The molecule has 2 N–H and O–H groups in total. The monoisotopic (exact) mass is 404 g/mol. The summed E-state index contributed by atoms with van der Waals surface area (Å²) in [4.78, 5) is 1.29. The van der Waals surface area contributed by atoms with Crippen molar-refractivity contribution in [3.63, 3.8) is 0 Å². The van der Waals surface area contributed by atoms with E-state index in [1.54, 1.807) is 0 Å². The molecule has 156 valence electrons. The standard InChI is InChI=1S/C26H29NO3/c1-27(17-21(28)19-29-22-10-3-2-4-11-22)16-15-24-23-12-6-5-9-20(23)18-30-26-14-8-7-13-25(24)26/h2-14,21,24,28H,15-19H2,1H3/p+1/t21-,24-/m0/s1. The molecule has 1 aliphatic rings. The summed E-state index contributed by atoms with van der Waals surface area (Å²) < 4.78 is 11.8. The molecule has 30 heavy (non-hydrogen) atoms. The van der Waals surface area contributed by atoms with Crippen LogP contribution in [0.5, 0.6) is 11.5 Å². The first-order valence-corrected chi connectivity index (χ1v) is 10.7. The summed E-state index contributed by atoms with van der Waals surface area (Å²) in [5.74, 6) is 2.07. The second-order valence-electron chi connectivity index (χ2n) is 8.06. The van der Waals surface area contributed by atoms with Crippen molar-refractivity contribution in [3.05, 3.63) is 95.6 Å². The van der Waals surface area contributed by atoms with Gasteiger partial charge in [0, 0.05) is 17.9 Å². The fraction of sp³-hybridized carbons (Fsp3) is 0.308. The van der Waals surface area contributed by atoms with Gasteiger partial charge < -0.3 is 19.5 Å². The molecule has 4 rings (SSSR count). The lowest BCUT2D eigenvalue weighted by Crippen LogP contribution is -3.10. The summed E-state index contributed by atoms with van der Waals surface area (Å²) in [6, 6.07) is 26.6. The minimum Gasteiger partial charge on any atom is -0.491 e. The van der Waals surface area contributed by atoms with Gasteiger partial charge in [0.2, 0.25) is 0 Å². The predicted molar refractivity (Wildman–Crippen MR) is 118 cm³/mol. The molecule has 4 heteroatoms. The van der Waals surface area contributed by atoms with Crippen molar-refractivity contribution >= 4 is 0 Å². The maximum absolute atomic E-state index is 10.4. The first kappa shape index (κ1) is 20.5. The summed E-state index contributed by atoms with van der Waals surface area (Å²) in [5.41, 5.74) is 3.86. The second-order valence-corrected chi connectivity index (χ2v) is 8.06. The number of hydrogen-bond donors (Lipinski definition) is 2. The van der Waals surface area contributed by atoms with E-state index in [1.165, 1.54) is 21.6 Å². The molecule has 3 aromatic rings. The van der Waals surface area contributed by atoms with Crippen molar-refractivity contribution in [2.24, 2.45) is 0 Å². The number of nitrogens with one attached hydrogen (secondary N) is 1. The number of quaternary nitrogens is 1. The minimum absolute atomic E-state index is 0.299. The summed E-state index contributed by atoms with van der Waals surface area (Å²) in [5, 5.41) is 10.4. The first-order chi connectivity index (χ1) is 14.7. The molecule has 0 fully saturated rings. The number of benzene rings is 3. The molecule has 4 nitrogen and oxygen atoms in total. The smallest absolute Gasteiger partial charge is 0.137 e. The van der Waals surface area contributed by atoms with Crippen LogP contribution in [0.15, 0.2) is 78.9 Å². The Morgan fingerprint density at radius 2 is 1.67 bits per heavy atom. The second kappa shape index (κ2) is 9.79. The van der Waals surface area contributed by atoms with Gasteiger partial charge in [-0.3, -0.25) is 0 Å². The van der Waals surface area contributed by atoms with E-state index in [1.807, 2.05) is 36.4 Å². The fourth-order valence-electron chi connectivity index (χ4n) is 4.20. The number of likely N-dealkylation sites (N-methyl/N-ethyl adjacent to an activating group) is 1. The average Bonchev–Trinajstić information content (AvgIpc) is 2.94. The third-order valence-electron chi connectivity index (χ3n) is 5.74. The van der Waals surface area contributed by atoms with Crippen molar-refractivity contribution in [1.82, 2.24) is 0 Å². The Bertz CT molecular complexity index is 896. The molecule has 3 atom stereocenters. The van der Waals surface area contributed by atoms with Crippen molar-refractivity contribution in [2.45, 2.75) is 25.0 Å². The van der Waals surface area contributed by atoms with Gasteiger partial charge in [-0.25, -0.2) is 0 Å². The maximum atomic E-state index is 10.4. The van der Waals surface area contributed by atoms with E-state index < -0.39 is 6.10 Å². The fourth-order valence-corrected chi connectivity index (χ4v) is 4.20. The van der Waals surface area contributed by atoms with Gasteiger partial charge in [-0.15, -0.1) is 0 Å². The van der Waals surface area contributed by atoms with Crippen LogP contribution >= 0.6 is 0 Å². The van der Waals surface area contributed by atoms with Crippen LogP contribution in [0.2, 0.25) is 0 Å². The number of rotatable bonds is 8. The topological polar surface area (TPSA) is 43.1 Å². The van der Waals surface area contributed by atoms with E-state index in [2.05, 4.69) is 49.5 Å². The molecule has 3 aromatic carbocycles. The van der Waals surface area contributed by atoms with Gasteiger partial charge in [0.15, 0.2) is 0 Å². The number of ether oxygens (including phenoxy) is 2. The number of para-hydroxylation sites is 2. The Hall–Kier alpha value is -2.82. The van der Waals surface area contributed by atoms with Crippen molar-refractivity contribution in [3.8, 4) is 11.5 Å². The van der Waals surface area contributed by atoms with E-state index in [0.717, 1.165) is 24.5 Å². The molecular weight excluding hydrogens is 374 g/mol. The zero-order valence-corrected chi connectivity index (χ0v) is 17.5. The number of fused-ring (bicyclic) bond motifs is 2. The molecule has 0 aromatic heterocycles. The molecule has 1 aliphatic heterocycles. The lowest BCUT2D eigenvalue weighted by molar-refractivity contribution is -0.883. The SMILES string of the molecule is C[NH+](CC[C@H]1c2ccccc2COc2ccccc21)C[C@H](O)COc1ccccc1. The normalized spacial score (nSPS) is 17.1. The number of aliphatic hydroxyl groups is 1. The van der Waals surface area contributed by atoms with Gasteiger partial charge in [0.25, 0.3) is 0 Å². The van der Waals surface area contributed by atoms with Gasteiger partial charge in [-0.1, -0.05) is 60.7 Å². The molecular formula is C26H30NO3+. The van der Waals surface area contributed by atoms with Crippen LogP contribution in [0.25, 0.3) is 0 Å². The Balaban J connectivity index is 1.38. The zero-order chi connectivity index (χ0) is 20.8. The Kier molecular flexibility index (Phi) is 6.67. The van der Waals surface area contributed by atoms with Crippen LogP contribution in [0.3, 0.4) is 0 Å². The van der Waals surface area contributed by atoms with Gasteiger partial charge >= 0.3 is 0 Å². The zero-order valence-electron chi connectivity index (χ0n) is 17.5. The average molecular weight is 405 g/mol. The maximum Gasteiger partial charge on any atom is 0.137 e. The van der Waals surface area contributed by atoms with E-state index in [-0.39, 0.29) is 0 Å². The largest absolute Gasteiger partial charge is 0.491 e. The van der Waals surface area contributed by atoms with E-state index in [4.69, 9.17) is 9.47 Å². The van der Waals surface area contributed by atoms with Crippen molar-refractivity contribution in [1.29, 1.82) is 0 Å². The first-order valence-electron chi connectivity index (χ1n) is 10.7. The van der Waals surface area contributed by atoms with E-state index in [0.29, 0.717) is 25.7 Å². The molecule has 1 unspecified atom stereocenters.